The van der Waals surface area contributed by atoms with E-state index < -0.39 is 0 Å². The summed E-state index contributed by atoms with van der Waals surface area (Å²) in [6.45, 7) is 4.18. The van der Waals surface area contributed by atoms with Crippen molar-refractivity contribution in [2.45, 2.75) is 90.6 Å². The average molecular weight is 357 g/mol. The Morgan fingerprint density at radius 2 is 1.81 bits per heavy atom. The van der Waals surface area contributed by atoms with Crippen molar-refractivity contribution in [2.24, 2.45) is 40.4 Å². The van der Waals surface area contributed by atoms with Crippen molar-refractivity contribution in [3.63, 3.8) is 0 Å². The van der Waals surface area contributed by atoms with Gasteiger partial charge in [0.2, 0.25) is 0 Å². The van der Waals surface area contributed by atoms with E-state index in [0.717, 1.165) is 42.4 Å². The molecule has 0 bridgehead atoms. The normalized spacial score (nSPS) is 52.4. The summed E-state index contributed by atoms with van der Waals surface area (Å²) < 4.78 is 5.61. The van der Waals surface area contributed by atoms with E-state index in [1.54, 1.807) is 6.92 Å². The second-order valence-electron chi connectivity index (χ2n) is 10.6. The Morgan fingerprint density at radius 3 is 2.65 bits per heavy atom. The molecule has 0 unspecified atom stereocenters. The van der Waals surface area contributed by atoms with Crippen LogP contribution in [0, 0.1) is 40.4 Å². The zero-order valence-corrected chi connectivity index (χ0v) is 16.7. The van der Waals surface area contributed by atoms with E-state index in [4.69, 9.17) is 4.74 Å². The van der Waals surface area contributed by atoms with Gasteiger partial charge in [-0.1, -0.05) is 19.1 Å². The quantitative estimate of drug-likeness (QED) is 0.431. The minimum Gasteiger partial charge on any atom is -0.463 e. The molecule has 5 aliphatic rings. The Hall–Kier alpha value is -0.790. The van der Waals surface area contributed by atoms with Crippen molar-refractivity contribution in [2.75, 3.05) is 0 Å². The second kappa shape index (κ2) is 6.11. The standard InChI is InChI=1S/C24H36O2/c1-16(25)26-19-10-13-23(2)18(15-19)6-8-20-21(23)11-14-24-12-4-3-5-17(24)7-9-22(20)24/h4,12,17-22H,3,5-11,13-15H2,1-2H3/t17-,18-,19+,20+,21-,22-,23-,24-/m0/s1. The highest BCUT2D eigenvalue weighted by molar-refractivity contribution is 5.66. The number of carbonyl (C=O) groups is 1. The van der Waals surface area contributed by atoms with Gasteiger partial charge in [-0.3, -0.25) is 4.79 Å². The van der Waals surface area contributed by atoms with Crippen LogP contribution in [0.1, 0.15) is 84.5 Å². The van der Waals surface area contributed by atoms with Gasteiger partial charge in [0.05, 0.1) is 0 Å². The fourth-order valence-corrected chi connectivity index (χ4v) is 8.75. The van der Waals surface area contributed by atoms with E-state index in [1.165, 1.54) is 57.8 Å². The molecule has 4 saturated carbocycles. The lowest BCUT2D eigenvalue weighted by molar-refractivity contribution is -0.159. The highest BCUT2D eigenvalue weighted by Gasteiger charge is 2.61. The monoisotopic (exact) mass is 356 g/mol. The maximum Gasteiger partial charge on any atom is 0.302 e. The minimum atomic E-state index is -0.0898. The number of hydrogen-bond acceptors (Lipinski definition) is 2. The number of esters is 1. The molecule has 0 N–H and O–H groups in total. The molecule has 0 saturated heterocycles. The highest BCUT2D eigenvalue weighted by atomic mass is 16.5. The van der Waals surface area contributed by atoms with Crippen molar-refractivity contribution in [3.8, 4) is 0 Å². The summed E-state index contributed by atoms with van der Waals surface area (Å²) in [5, 5.41) is 0. The lowest BCUT2D eigenvalue weighted by atomic mass is 9.44. The van der Waals surface area contributed by atoms with Crippen LogP contribution in [0.25, 0.3) is 0 Å². The van der Waals surface area contributed by atoms with Crippen molar-refractivity contribution >= 4 is 5.97 Å². The summed E-state index contributed by atoms with van der Waals surface area (Å²) >= 11 is 0. The number of hydrogen-bond donors (Lipinski definition) is 0. The van der Waals surface area contributed by atoms with E-state index in [2.05, 4.69) is 19.1 Å². The predicted molar refractivity (Wildman–Crippen MR) is 103 cm³/mol. The molecule has 0 amide bonds. The zero-order chi connectivity index (χ0) is 17.9. The maximum atomic E-state index is 11.4. The van der Waals surface area contributed by atoms with Crippen molar-refractivity contribution in [1.29, 1.82) is 0 Å². The highest BCUT2D eigenvalue weighted by Crippen LogP contribution is 2.69. The number of allylic oxidation sites excluding steroid dienone is 2. The molecule has 2 heteroatoms. The molecule has 0 aromatic rings. The smallest absolute Gasteiger partial charge is 0.302 e. The first-order valence-corrected chi connectivity index (χ1v) is 11.4. The second-order valence-corrected chi connectivity index (χ2v) is 10.6. The molecule has 0 aliphatic heterocycles. The van der Waals surface area contributed by atoms with Gasteiger partial charge in [0.25, 0.3) is 0 Å². The molecule has 1 spiro atoms. The fraction of sp³-hybridized carbons (Fsp3) is 0.875. The van der Waals surface area contributed by atoms with Gasteiger partial charge >= 0.3 is 5.97 Å². The summed E-state index contributed by atoms with van der Waals surface area (Å²) in [5.74, 6) is 4.52. The van der Waals surface area contributed by atoms with E-state index in [0.29, 0.717) is 10.8 Å². The average Bonchev–Trinajstić information content (AvgIpc) is 3.01. The lowest BCUT2D eigenvalue weighted by Gasteiger charge is -2.61. The van der Waals surface area contributed by atoms with E-state index >= 15 is 0 Å². The molecule has 4 fully saturated rings. The van der Waals surface area contributed by atoms with Crippen LogP contribution in [0.3, 0.4) is 0 Å². The Kier molecular flexibility index (Phi) is 4.07. The van der Waals surface area contributed by atoms with Crippen molar-refractivity contribution in [3.05, 3.63) is 12.2 Å². The number of carbonyl (C=O) groups excluding carboxylic acids is 1. The van der Waals surface area contributed by atoms with Crippen LogP contribution in [-0.4, -0.2) is 12.1 Å². The van der Waals surface area contributed by atoms with Gasteiger partial charge in [0.15, 0.2) is 0 Å². The molecule has 5 aliphatic carbocycles. The SMILES string of the molecule is CC(=O)O[C@@H]1CC[C@@]2(C)[C@@H](CC[C@@H]3[C@@H]2CC[C@@]24C=CCC[C@H]2CC[C@@H]34)C1. The van der Waals surface area contributed by atoms with Gasteiger partial charge in [0.1, 0.15) is 6.10 Å². The summed E-state index contributed by atoms with van der Waals surface area (Å²) in [4.78, 5) is 11.4. The third-order valence-corrected chi connectivity index (χ3v) is 9.82. The third-order valence-electron chi connectivity index (χ3n) is 9.82. The largest absolute Gasteiger partial charge is 0.463 e. The van der Waals surface area contributed by atoms with Crippen LogP contribution in [0.15, 0.2) is 12.2 Å². The van der Waals surface area contributed by atoms with Crippen molar-refractivity contribution < 1.29 is 9.53 Å². The first-order valence-electron chi connectivity index (χ1n) is 11.4. The molecule has 0 aromatic heterocycles. The van der Waals surface area contributed by atoms with Crippen LogP contribution in [0.4, 0.5) is 0 Å². The summed E-state index contributed by atoms with van der Waals surface area (Å²) in [7, 11) is 0. The van der Waals surface area contributed by atoms with Crippen LogP contribution in [-0.2, 0) is 9.53 Å². The molecule has 8 atom stereocenters. The first kappa shape index (κ1) is 17.3. The van der Waals surface area contributed by atoms with Crippen LogP contribution < -0.4 is 0 Å². The van der Waals surface area contributed by atoms with Gasteiger partial charge in [-0.25, -0.2) is 0 Å². The van der Waals surface area contributed by atoms with Crippen molar-refractivity contribution in [1.82, 2.24) is 0 Å². The summed E-state index contributed by atoms with van der Waals surface area (Å²) in [6, 6.07) is 0. The Morgan fingerprint density at radius 1 is 0.962 bits per heavy atom. The molecule has 5 rings (SSSR count). The Bertz CT molecular complexity index is 609. The molecule has 0 heterocycles. The van der Waals surface area contributed by atoms with Gasteiger partial charge in [-0.2, -0.15) is 0 Å². The molecule has 26 heavy (non-hydrogen) atoms. The molecule has 2 nitrogen and oxygen atoms in total. The predicted octanol–water partition coefficient (Wildman–Crippen LogP) is 5.91. The number of rotatable bonds is 1. The molecule has 144 valence electrons. The lowest BCUT2D eigenvalue weighted by Crippen LogP contribution is -2.54. The third kappa shape index (κ3) is 2.39. The van der Waals surface area contributed by atoms with Gasteiger partial charge < -0.3 is 4.74 Å². The minimum absolute atomic E-state index is 0.0898. The van der Waals surface area contributed by atoms with Crippen LogP contribution >= 0.6 is 0 Å². The zero-order valence-electron chi connectivity index (χ0n) is 16.7. The Labute approximate surface area is 159 Å². The van der Waals surface area contributed by atoms with Gasteiger partial charge in [0, 0.05) is 6.92 Å². The van der Waals surface area contributed by atoms with Gasteiger partial charge in [-0.05, 0) is 111 Å². The number of ether oxygens (including phenoxy) is 1. The first-order chi connectivity index (χ1) is 12.5. The number of fused-ring (bicyclic) bond motifs is 4. The molecular weight excluding hydrogens is 320 g/mol. The maximum absolute atomic E-state index is 11.4. The summed E-state index contributed by atoms with van der Waals surface area (Å²) in [6.07, 6.45) is 20.4. The van der Waals surface area contributed by atoms with Crippen LogP contribution in [0.5, 0.6) is 0 Å². The summed E-state index contributed by atoms with van der Waals surface area (Å²) in [5.41, 5.74) is 1.08. The Balaban J connectivity index is 1.38. The fourth-order valence-electron chi connectivity index (χ4n) is 8.75. The van der Waals surface area contributed by atoms with E-state index in [9.17, 15) is 4.79 Å². The van der Waals surface area contributed by atoms with Crippen LogP contribution in [0.2, 0.25) is 0 Å². The van der Waals surface area contributed by atoms with Gasteiger partial charge in [-0.15, -0.1) is 0 Å². The topological polar surface area (TPSA) is 26.3 Å². The molecular formula is C24H36O2. The molecule has 0 aromatic carbocycles. The van der Waals surface area contributed by atoms with E-state index in [-0.39, 0.29) is 12.1 Å². The molecule has 0 radical (unpaired) electrons. The van der Waals surface area contributed by atoms with E-state index in [1.807, 2.05) is 0 Å².